The Hall–Kier alpha value is 0.130. The fourth-order valence-corrected chi connectivity index (χ4v) is 2.99. The minimum absolute atomic E-state index is 0.327. The lowest BCUT2D eigenvalue weighted by atomic mass is 10.1. The molecule has 1 atom stereocenters. The third-order valence-electron chi connectivity index (χ3n) is 3.50. The van der Waals surface area contributed by atoms with Gasteiger partial charge in [0.1, 0.15) is 0 Å². The molecule has 1 unspecified atom stereocenters. The lowest BCUT2D eigenvalue weighted by molar-refractivity contribution is -0.132. The van der Waals surface area contributed by atoms with E-state index in [1.165, 1.54) is 0 Å². The Morgan fingerprint density at radius 3 is 2.44 bits per heavy atom. The summed E-state index contributed by atoms with van der Waals surface area (Å²) in [5.41, 5.74) is 0. The molecule has 3 nitrogen and oxygen atoms in total. The zero-order chi connectivity index (χ0) is 13.4. The first-order valence-corrected chi connectivity index (χ1v) is 8.03. The van der Waals surface area contributed by atoms with Crippen molar-refractivity contribution >= 4 is 31.2 Å². The van der Waals surface area contributed by atoms with Crippen LogP contribution in [0.2, 0.25) is 0 Å². The van der Waals surface area contributed by atoms with Crippen molar-refractivity contribution in [1.82, 2.24) is 9.80 Å². The number of unbranched alkanes of at least 4 members (excludes halogenated alkanes) is 1. The van der Waals surface area contributed by atoms with E-state index in [1.807, 2.05) is 4.90 Å². The number of amides is 1. The minimum atomic E-state index is 0.327. The van der Waals surface area contributed by atoms with Crippen LogP contribution in [0, 0.1) is 0 Å². The zero-order valence-corrected chi connectivity index (χ0v) is 13.1. The van der Waals surface area contributed by atoms with Crippen LogP contribution in [0.15, 0.2) is 0 Å². The van der Waals surface area contributed by atoms with Crippen molar-refractivity contribution < 1.29 is 4.79 Å². The Labute approximate surface area is 122 Å². The fraction of sp³-hybridized carbons (Fsp3) is 0.923. The molecule has 18 heavy (non-hydrogen) atoms. The van der Waals surface area contributed by atoms with E-state index in [2.05, 4.69) is 37.2 Å². The lowest BCUT2D eigenvalue weighted by Crippen LogP contribution is -2.47. The van der Waals surface area contributed by atoms with Gasteiger partial charge in [-0.15, -0.1) is 0 Å². The van der Waals surface area contributed by atoms with E-state index < -0.39 is 0 Å². The van der Waals surface area contributed by atoms with Gasteiger partial charge in [0, 0.05) is 37.8 Å². The maximum Gasteiger partial charge on any atom is 0.222 e. The number of hydrogen-bond acceptors (Lipinski definition) is 4. The molecule has 1 rings (SSSR count). The summed E-state index contributed by atoms with van der Waals surface area (Å²) in [6.45, 7) is 3.80. The Kier molecular flexibility index (Phi) is 8.18. The van der Waals surface area contributed by atoms with Gasteiger partial charge in [-0.2, -0.15) is 25.3 Å². The Bertz CT molecular complexity index is 243. The molecule has 0 bridgehead atoms. The molecule has 0 N–H and O–H groups in total. The Morgan fingerprint density at radius 1 is 1.17 bits per heavy atom. The largest absolute Gasteiger partial charge is 0.340 e. The molecule has 106 valence electrons. The van der Waals surface area contributed by atoms with E-state index in [0.717, 1.165) is 57.6 Å². The second-order valence-electron chi connectivity index (χ2n) is 5.10. The SMILES string of the molecule is CN1CCN(C(=O)CCCCC(S)CCS)CC1. The van der Waals surface area contributed by atoms with Gasteiger partial charge in [0.2, 0.25) is 5.91 Å². The molecule has 1 aliphatic heterocycles. The average molecular weight is 290 g/mol. The van der Waals surface area contributed by atoms with Crippen molar-refractivity contribution in [2.45, 2.75) is 37.4 Å². The molecule has 1 fully saturated rings. The number of likely N-dealkylation sites (N-methyl/N-ethyl adjacent to an activating group) is 1. The summed E-state index contributed by atoms with van der Waals surface area (Å²) in [5.74, 6) is 1.22. The van der Waals surface area contributed by atoms with Crippen molar-refractivity contribution in [3.63, 3.8) is 0 Å². The average Bonchev–Trinajstić information content (AvgIpc) is 2.35. The second kappa shape index (κ2) is 9.10. The van der Waals surface area contributed by atoms with Gasteiger partial charge >= 0.3 is 0 Å². The van der Waals surface area contributed by atoms with Crippen LogP contribution in [-0.2, 0) is 4.79 Å². The molecule has 0 radical (unpaired) electrons. The number of piperazine rings is 1. The number of rotatable bonds is 7. The van der Waals surface area contributed by atoms with E-state index in [4.69, 9.17) is 0 Å². The summed E-state index contributed by atoms with van der Waals surface area (Å²) in [6.07, 6.45) is 4.94. The van der Waals surface area contributed by atoms with Crippen molar-refractivity contribution in [2.24, 2.45) is 0 Å². The van der Waals surface area contributed by atoms with E-state index >= 15 is 0 Å². The van der Waals surface area contributed by atoms with Gasteiger partial charge in [-0.1, -0.05) is 6.42 Å². The van der Waals surface area contributed by atoms with Crippen molar-refractivity contribution in [3.8, 4) is 0 Å². The number of nitrogens with zero attached hydrogens (tertiary/aromatic N) is 2. The predicted molar refractivity (Wildman–Crippen MR) is 83.8 cm³/mol. The van der Waals surface area contributed by atoms with Gasteiger partial charge in [0.25, 0.3) is 0 Å². The first-order chi connectivity index (χ1) is 8.63. The summed E-state index contributed by atoms with van der Waals surface area (Å²) in [6, 6.07) is 0. The first kappa shape index (κ1) is 16.2. The zero-order valence-electron chi connectivity index (χ0n) is 11.3. The normalized spacial score (nSPS) is 18.9. The summed E-state index contributed by atoms with van der Waals surface area (Å²) in [7, 11) is 2.11. The van der Waals surface area contributed by atoms with Crippen LogP contribution in [-0.4, -0.2) is 59.9 Å². The third kappa shape index (κ3) is 6.34. The van der Waals surface area contributed by atoms with Crippen LogP contribution in [0.3, 0.4) is 0 Å². The molecule has 0 saturated carbocycles. The predicted octanol–water partition coefficient (Wildman–Crippen LogP) is 1.94. The van der Waals surface area contributed by atoms with Gasteiger partial charge in [-0.3, -0.25) is 4.79 Å². The molecule has 1 aliphatic rings. The summed E-state index contributed by atoms with van der Waals surface area (Å²) < 4.78 is 0. The monoisotopic (exact) mass is 290 g/mol. The molecular formula is C13H26N2OS2. The van der Waals surface area contributed by atoms with E-state index in [9.17, 15) is 4.79 Å². The molecule has 1 saturated heterocycles. The topological polar surface area (TPSA) is 23.6 Å². The summed E-state index contributed by atoms with van der Waals surface area (Å²) in [5, 5.41) is 0.446. The minimum Gasteiger partial charge on any atom is -0.340 e. The molecule has 1 heterocycles. The fourth-order valence-electron chi connectivity index (χ4n) is 2.16. The second-order valence-corrected chi connectivity index (χ2v) is 6.27. The van der Waals surface area contributed by atoms with Gasteiger partial charge in [-0.25, -0.2) is 0 Å². The van der Waals surface area contributed by atoms with Crippen molar-refractivity contribution in [1.29, 1.82) is 0 Å². The molecule has 1 amide bonds. The van der Waals surface area contributed by atoms with Crippen LogP contribution >= 0.6 is 25.3 Å². The van der Waals surface area contributed by atoms with Crippen LogP contribution in [0.1, 0.15) is 32.1 Å². The van der Waals surface area contributed by atoms with Crippen LogP contribution in [0.25, 0.3) is 0 Å². The Morgan fingerprint density at radius 2 is 1.83 bits per heavy atom. The number of hydrogen-bond donors (Lipinski definition) is 2. The molecule has 0 aromatic heterocycles. The maximum absolute atomic E-state index is 12.0. The first-order valence-electron chi connectivity index (χ1n) is 6.88. The standard InChI is InChI=1S/C13H26N2OS2/c1-14-7-9-15(10-8-14)13(16)5-3-2-4-12(18)6-11-17/h12,17-18H,2-11H2,1H3. The van der Waals surface area contributed by atoms with Crippen molar-refractivity contribution in [2.75, 3.05) is 39.0 Å². The number of thiol groups is 2. The summed E-state index contributed by atoms with van der Waals surface area (Å²) >= 11 is 8.70. The number of carbonyl (C=O) groups excluding carboxylic acids is 1. The lowest BCUT2D eigenvalue weighted by Gasteiger charge is -2.32. The Balaban J connectivity index is 2.06. The maximum atomic E-state index is 12.0. The van der Waals surface area contributed by atoms with Crippen LogP contribution < -0.4 is 0 Å². The molecule has 0 aromatic carbocycles. The molecule has 5 heteroatoms. The molecular weight excluding hydrogens is 264 g/mol. The van der Waals surface area contributed by atoms with Crippen LogP contribution in [0.4, 0.5) is 0 Å². The summed E-state index contributed by atoms with van der Waals surface area (Å²) in [4.78, 5) is 16.2. The van der Waals surface area contributed by atoms with Crippen LogP contribution in [0.5, 0.6) is 0 Å². The smallest absolute Gasteiger partial charge is 0.222 e. The quantitative estimate of drug-likeness (QED) is 0.553. The van der Waals surface area contributed by atoms with Gasteiger partial charge in [-0.05, 0) is 32.1 Å². The highest BCUT2D eigenvalue weighted by atomic mass is 32.1. The van der Waals surface area contributed by atoms with Gasteiger partial charge in [0.15, 0.2) is 0 Å². The highest BCUT2D eigenvalue weighted by Crippen LogP contribution is 2.13. The third-order valence-corrected chi connectivity index (χ3v) is 4.27. The molecule has 0 aromatic rings. The van der Waals surface area contributed by atoms with E-state index in [-0.39, 0.29) is 0 Å². The number of carbonyl (C=O) groups is 1. The van der Waals surface area contributed by atoms with Gasteiger partial charge in [0.05, 0.1) is 0 Å². The van der Waals surface area contributed by atoms with E-state index in [1.54, 1.807) is 0 Å². The molecule has 0 aliphatic carbocycles. The molecule has 0 spiro atoms. The van der Waals surface area contributed by atoms with Crippen molar-refractivity contribution in [3.05, 3.63) is 0 Å². The van der Waals surface area contributed by atoms with Gasteiger partial charge < -0.3 is 9.80 Å². The van der Waals surface area contributed by atoms with E-state index in [0.29, 0.717) is 17.6 Å². The highest BCUT2D eigenvalue weighted by molar-refractivity contribution is 7.81. The highest BCUT2D eigenvalue weighted by Gasteiger charge is 2.18.